The third kappa shape index (κ3) is 5.37. The summed E-state index contributed by atoms with van der Waals surface area (Å²) in [6, 6.07) is -0.494. The quantitative estimate of drug-likeness (QED) is 0.552. The van der Waals surface area contributed by atoms with Gasteiger partial charge in [0.25, 0.3) is 0 Å². The third-order valence-corrected chi connectivity index (χ3v) is 4.00. The van der Waals surface area contributed by atoms with E-state index in [2.05, 4.69) is 0 Å². The molecule has 0 N–H and O–H groups in total. The fraction of sp³-hybridized carbons (Fsp3) is 0.722. The average molecular weight is 369 g/mol. The SMILES string of the molecule is COC(=O)C(=C(C)C)N(C)C(=O)N1CCN(C(=O)OC(C)(C)C)[C@H](C)C1. The highest BCUT2D eigenvalue weighted by atomic mass is 16.6. The molecule has 1 aliphatic rings. The second kappa shape index (κ2) is 8.42. The van der Waals surface area contributed by atoms with Crippen LogP contribution in [0.25, 0.3) is 0 Å². The first-order chi connectivity index (χ1) is 11.9. The summed E-state index contributed by atoms with van der Waals surface area (Å²) in [5.41, 5.74) is 0.343. The third-order valence-electron chi connectivity index (χ3n) is 4.00. The largest absolute Gasteiger partial charge is 0.464 e. The monoisotopic (exact) mass is 369 g/mol. The van der Waals surface area contributed by atoms with Crippen molar-refractivity contribution in [1.29, 1.82) is 0 Å². The van der Waals surface area contributed by atoms with Gasteiger partial charge in [0, 0.05) is 32.7 Å². The molecule has 1 rings (SSSR count). The van der Waals surface area contributed by atoms with Crippen LogP contribution in [0, 0.1) is 0 Å². The number of nitrogens with zero attached hydrogens (tertiary/aromatic N) is 3. The van der Waals surface area contributed by atoms with Gasteiger partial charge < -0.3 is 19.3 Å². The number of hydrogen-bond acceptors (Lipinski definition) is 5. The van der Waals surface area contributed by atoms with Crippen molar-refractivity contribution in [2.75, 3.05) is 33.8 Å². The number of piperazine rings is 1. The minimum atomic E-state index is -0.567. The first-order valence-corrected chi connectivity index (χ1v) is 8.67. The van der Waals surface area contributed by atoms with Crippen molar-refractivity contribution in [1.82, 2.24) is 14.7 Å². The van der Waals surface area contributed by atoms with E-state index in [4.69, 9.17) is 9.47 Å². The number of amides is 3. The van der Waals surface area contributed by atoms with Gasteiger partial charge in [0.15, 0.2) is 0 Å². The number of carbonyl (C=O) groups is 3. The summed E-state index contributed by atoms with van der Waals surface area (Å²) in [6.45, 7) is 11.9. The fourth-order valence-electron chi connectivity index (χ4n) is 2.80. The Balaban J connectivity index is 2.82. The molecule has 1 heterocycles. The van der Waals surface area contributed by atoms with Crippen molar-refractivity contribution in [3.63, 3.8) is 0 Å². The van der Waals surface area contributed by atoms with E-state index in [-0.39, 0.29) is 23.9 Å². The normalized spacial score (nSPS) is 17.5. The molecule has 1 aliphatic heterocycles. The van der Waals surface area contributed by atoms with Crippen molar-refractivity contribution in [2.45, 2.75) is 53.2 Å². The lowest BCUT2D eigenvalue weighted by molar-refractivity contribution is -0.137. The van der Waals surface area contributed by atoms with Crippen molar-refractivity contribution in [3.05, 3.63) is 11.3 Å². The van der Waals surface area contributed by atoms with Gasteiger partial charge in [-0.2, -0.15) is 0 Å². The Bertz CT molecular complexity index is 590. The molecule has 0 spiro atoms. The number of hydrogen-bond donors (Lipinski definition) is 0. The topological polar surface area (TPSA) is 79.4 Å². The lowest BCUT2D eigenvalue weighted by atomic mass is 10.2. The molecule has 3 amide bonds. The summed E-state index contributed by atoms with van der Waals surface area (Å²) in [7, 11) is 2.83. The molecule has 26 heavy (non-hydrogen) atoms. The van der Waals surface area contributed by atoms with Gasteiger partial charge in [0.2, 0.25) is 0 Å². The Labute approximate surface area is 155 Å². The van der Waals surface area contributed by atoms with Crippen LogP contribution >= 0.6 is 0 Å². The smallest absolute Gasteiger partial charge is 0.410 e. The number of methoxy groups -OCH3 is 1. The van der Waals surface area contributed by atoms with E-state index in [1.54, 1.807) is 30.7 Å². The van der Waals surface area contributed by atoms with Gasteiger partial charge in [0.1, 0.15) is 11.3 Å². The molecule has 0 unspecified atom stereocenters. The molecule has 0 saturated carbocycles. The zero-order chi connectivity index (χ0) is 20.2. The lowest BCUT2D eigenvalue weighted by Gasteiger charge is -2.41. The molecule has 0 radical (unpaired) electrons. The van der Waals surface area contributed by atoms with Crippen LogP contribution in [0.3, 0.4) is 0 Å². The minimum Gasteiger partial charge on any atom is -0.464 e. The summed E-state index contributed by atoms with van der Waals surface area (Å²) in [4.78, 5) is 41.6. The molecule has 8 heteroatoms. The van der Waals surface area contributed by atoms with Crippen molar-refractivity contribution >= 4 is 18.1 Å². The number of likely N-dealkylation sites (N-methyl/N-ethyl adjacent to an activating group) is 1. The Morgan fingerprint density at radius 2 is 1.69 bits per heavy atom. The van der Waals surface area contributed by atoms with Gasteiger partial charge >= 0.3 is 18.1 Å². The van der Waals surface area contributed by atoms with E-state index in [0.717, 1.165) is 0 Å². The van der Waals surface area contributed by atoms with Crippen molar-refractivity contribution in [2.24, 2.45) is 0 Å². The number of esters is 1. The molecular formula is C18H31N3O5. The highest BCUT2D eigenvalue weighted by molar-refractivity contribution is 5.93. The predicted octanol–water partition coefficient (Wildman–Crippen LogP) is 2.45. The van der Waals surface area contributed by atoms with Crippen LogP contribution in [0.2, 0.25) is 0 Å². The van der Waals surface area contributed by atoms with Crippen LogP contribution in [-0.2, 0) is 14.3 Å². The van der Waals surface area contributed by atoms with E-state index >= 15 is 0 Å². The molecule has 1 saturated heterocycles. The summed E-state index contributed by atoms with van der Waals surface area (Å²) < 4.78 is 10.2. The summed E-state index contributed by atoms with van der Waals surface area (Å²) >= 11 is 0. The van der Waals surface area contributed by atoms with Gasteiger partial charge in [0.05, 0.1) is 7.11 Å². The molecule has 148 valence electrons. The maximum absolute atomic E-state index is 12.8. The molecule has 0 aromatic heterocycles. The number of allylic oxidation sites excluding steroid dienone is 1. The van der Waals surface area contributed by atoms with Gasteiger partial charge in [-0.1, -0.05) is 0 Å². The fourth-order valence-corrected chi connectivity index (χ4v) is 2.80. The van der Waals surface area contributed by atoms with Crippen LogP contribution < -0.4 is 0 Å². The molecule has 1 fully saturated rings. The minimum absolute atomic E-state index is 0.191. The molecule has 0 aliphatic carbocycles. The number of carbonyl (C=O) groups excluding carboxylic acids is 3. The zero-order valence-electron chi connectivity index (χ0n) is 17.1. The number of rotatable bonds is 2. The van der Waals surface area contributed by atoms with E-state index in [1.807, 2.05) is 27.7 Å². The Morgan fingerprint density at radius 3 is 2.12 bits per heavy atom. The van der Waals surface area contributed by atoms with Gasteiger partial charge in [-0.15, -0.1) is 0 Å². The predicted molar refractivity (Wildman–Crippen MR) is 97.5 cm³/mol. The van der Waals surface area contributed by atoms with E-state index < -0.39 is 11.6 Å². The van der Waals surface area contributed by atoms with Crippen LogP contribution in [0.4, 0.5) is 9.59 Å². The van der Waals surface area contributed by atoms with Gasteiger partial charge in [-0.3, -0.25) is 4.90 Å². The molecular weight excluding hydrogens is 338 g/mol. The molecule has 0 aromatic carbocycles. The first kappa shape index (κ1) is 21.8. The zero-order valence-corrected chi connectivity index (χ0v) is 17.1. The highest BCUT2D eigenvalue weighted by Gasteiger charge is 2.34. The standard InChI is InChI=1S/C18H31N3O5/c1-12(2)14(15(22)25-8)19(7)16(23)20-9-10-21(13(3)11-20)17(24)26-18(4,5)6/h13H,9-11H2,1-8H3/t13-/m1/s1. The molecule has 0 aromatic rings. The van der Waals surface area contributed by atoms with Gasteiger partial charge in [-0.25, -0.2) is 14.4 Å². The highest BCUT2D eigenvalue weighted by Crippen LogP contribution is 2.18. The number of ether oxygens (including phenoxy) is 2. The first-order valence-electron chi connectivity index (χ1n) is 8.67. The van der Waals surface area contributed by atoms with Crippen molar-refractivity contribution in [3.8, 4) is 0 Å². The molecule has 0 bridgehead atoms. The van der Waals surface area contributed by atoms with E-state index in [0.29, 0.717) is 25.2 Å². The van der Waals surface area contributed by atoms with E-state index in [1.165, 1.54) is 12.0 Å². The number of urea groups is 1. The second-order valence-electron chi connectivity index (χ2n) is 7.65. The lowest BCUT2D eigenvalue weighted by Crippen LogP contribution is -2.58. The van der Waals surface area contributed by atoms with Crippen LogP contribution in [0.15, 0.2) is 11.3 Å². The van der Waals surface area contributed by atoms with Crippen LogP contribution in [0.1, 0.15) is 41.5 Å². The van der Waals surface area contributed by atoms with Gasteiger partial charge in [-0.05, 0) is 47.1 Å². The van der Waals surface area contributed by atoms with Crippen molar-refractivity contribution < 1.29 is 23.9 Å². The van der Waals surface area contributed by atoms with Crippen LogP contribution in [-0.4, -0.2) is 78.2 Å². The Hall–Kier alpha value is -2.25. The molecule has 8 nitrogen and oxygen atoms in total. The van der Waals surface area contributed by atoms with Crippen LogP contribution in [0.5, 0.6) is 0 Å². The summed E-state index contributed by atoms with van der Waals surface area (Å²) in [6.07, 6.45) is -0.384. The Morgan fingerprint density at radius 1 is 1.12 bits per heavy atom. The molecule has 1 atom stereocenters. The van der Waals surface area contributed by atoms with E-state index in [9.17, 15) is 14.4 Å². The summed E-state index contributed by atoms with van der Waals surface area (Å²) in [5, 5.41) is 0. The second-order valence-corrected chi connectivity index (χ2v) is 7.65. The average Bonchev–Trinajstić information content (AvgIpc) is 2.51. The maximum Gasteiger partial charge on any atom is 0.410 e. The maximum atomic E-state index is 12.8. The summed E-state index contributed by atoms with van der Waals surface area (Å²) in [5.74, 6) is -0.554. The Kier molecular flexibility index (Phi) is 7.06.